The van der Waals surface area contributed by atoms with Crippen LogP contribution in [0.1, 0.15) is 58.4 Å². The maximum absolute atomic E-state index is 13.7. The lowest BCUT2D eigenvalue weighted by molar-refractivity contribution is -0.149. The highest BCUT2D eigenvalue weighted by atomic mass is 16.4. The molecule has 2 aliphatic rings. The number of benzene rings is 1. The zero-order valence-corrected chi connectivity index (χ0v) is 28.6. The average Bonchev–Trinajstić information content (AvgIpc) is 3.77. The summed E-state index contributed by atoms with van der Waals surface area (Å²) in [6, 6.07) is -0.490. The Balaban J connectivity index is 1.68. The summed E-state index contributed by atoms with van der Waals surface area (Å²) in [6.07, 6.45) is 1.81. The minimum absolute atomic E-state index is 0.000141. The Labute approximate surface area is 290 Å². The smallest absolute Gasteiger partial charge is 0.326 e. The molecule has 6 atom stereocenters. The van der Waals surface area contributed by atoms with Gasteiger partial charge in [0.15, 0.2) is 0 Å². The first kappa shape index (κ1) is 39.7. The number of hydrogen-bond donors (Lipinski definition) is 8. The lowest BCUT2D eigenvalue weighted by atomic mass is 10.0. The van der Waals surface area contributed by atoms with Crippen molar-refractivity contribution in [2.24, 2.45) is 11.7 Å². The average molecular weight is 704 g/mol. The normalized spacial score (nSPS) is 19.6. The van der Waals surface area contributed by atoms with E-state index in [2.05, 4.69) is 21.3 Å². The number of nitrogens with two attached hydrogens (primary N) is 1. The standard InChI is InChI=1S/C33H49N7O10/c1-18(2)14-23(37-27(43)16-35-29(45)22(34)17-41)31(47)39-12-4-6-25(39)30(46)36-19(3)28(44)38-24(15-20-8-10-21(42)11-9-20)32(48)40-13-5-7-26(40)33(49)50/h8-11,18-19,22-26,41-42H,4-7,12-17,34H2,1-3H3,(H,35,45)(H,36,46)(H,37,43)(H,38,44)(H,49,50). The molecule has 1 aromatic rings. The molecule has 0 radical (unpaired) electrons. The van der Waals surface area contributed by atoms with E-state index in [1.165, 1.54) is 28.9 Å². The molecule has 2 saturated heterocycles. The fourth-order valence-electron chi connectivity index (χ4n) is 6.05. The number of nitrogens with one attached hydrogen (secondary N) is 4. The summed E-state index contributed by atoms with van der Waals surface area (Å²) in [5.74, 6) is -4.96. The molecule has 0 spiro atoms. The van der Waals surface area contributed by atoms with E-state index in [1.807, 2.05) is 13.8 Å². The third-order valence-corrected chi connectivity index (χ3v) is 8.70. The number of phenols is 1. The lowest BCUT2D eigenvalue weighted by Crippen LogP contribution is -2.58. The molecule has 3 rings (SSSR count). The van der Waals surface area contributed by atoms with Crippen molar-refractivity contribution in [3.05, 3.63) is 29.8 Å². The molecule has 1 aromatic carbocycles. The summed E-state index contributed by atoms with van der Waals surface area (Å²) >= 11 is 0. The number of phenolic OH excluding ortho intramolecular Hbond substituents is 1. The summed E-state index contributed by atoms with van der Waals surface area (Å²) < 4.78 is 0. The van der Waals surface area contributed by atoms with E-state index >= 15 is 0 Å². The van der Waals surface area contributed by atoms with Crippen molar-refractivity contribution in [1.29, 1.82) is 0 Å². The van der Waals surface area contributed by atoms with Gasteiger partial charge in [-0.1, -0.05) is 26.0 Å². The molecule has 0 bridgehead atoms. The van der Waals surface area contributed by atoms with Crippen molar-refractivity contribution in [2.75, 3.05) is 26.2 Å². The highest BCUT2D eigenvalue weighted by Gasteiger charge is 2.40. The van der Waals surface area contributed by atoms with Crippen molar-refractivity contribution in [2.45, 2.75) is 95.5 Å². The zero-order chi connectivity index (χ0) is 37.1. The molecule has 17 nitrogen and oxygen atoms in total. The Morgan fingerprint density at radius 1 is 0.840 bits per heavy atom. The summed E-state index contributed by atoms with van der Waals surface area (Å²) in [5.41, 5.74) is 6.05. The second kappa shape index (κ2) is 18.3. The number of amides is 6. The number of aliphatic hydroxyl groups is 1. The van der Waals surface area contributed by atoms with Gasteiger partial charge in [-0.2, -0.15) is 0 Å². The van der Waals surface area contributed by atoms with E-state index in [1.54, 1.807) is 12.1 Å². The van der Waals surface area contributed by atoms with Crippen molar-refractivity contribution in [3.63, 3.8) is 0 Å². The highest BCUT2D eigenvalue weighted by Crippen LogP contribution is 2.22. The molecule has 9 N–H and O–H groups in total. The van der Waals surface area contributed by atoms with Gasteiger partial charge in [0.1, 0.15) is 42.0 Å². The third kappa shape index (κ3) is 10.9. The summed E-state index contributed by atoms with van der Waals surface area (Å²) in [5, 5.41) is 38.5. The molecular weight excluding hydrogens is 654 g/mol. The number of carboxylic acid groups (broad SMARTS) is 1. The molecule has 6 amide bonds. The van der Waals surface area contributed by atoms with Crippen LogP contribution in [0.3, 0.4) is 0 Å². The number of aliphatic hydroxyl groups excluding tert-OH is 1. The van der Waals surface area contributed by atoms with Crippen LogP contribution in [0.2, 0.25) is 0 Å². The van der Waals surface area contributed by atoms with Gasteiger partial charge in [0, 0.05) is 19.5 Å². The number of carbonyl (C=O) groups is 7. The second-order valence-electron chi connectivity index (χ2n) is 13.1. The Kier molecular flexibility index (Phi) is 14.5. The maximum atomic E-state index is 13.7. The maximum Gasteiger partial charge on any atom is 0.326 e. The zero-order valence-electron chi connectivity index (χ0n) is 28.6. The third-order valence-electron chi connectivity index (χ3n) is 8.70. The van der Waals surface area contributed by atoms with Crippen molar-refractivity contribution in [1.82, 2.24) is 31.1 Å². The van der Waals surface area contributed by atoms with Crippen molar-refractivity contribution >= 4 is 41.4 Å². The molecule has 6 unspecified atom stereocenters. The van der Waals surface area contributed by atoms with Crippen molar-refractivity contribution < 1.29 is 48.9 Å². The fourth-order valence-corrected chi connectivity index (χ4v) is 6.05. The van der Waals surface area contributed by atoms with Crippen molar-refractivity contribution in [3.8, 4) is 5.75 Å². The van der Waals surface area contributed by atoms with E-state index < -0.39 is 90.8 Å². The van der Waals surface area contributed by atoms with Crippen LogP contribution in [0.15, 0.2) is 24.3 Å². The first-order chi connectivity index (χ1) is 23.6. The van der Waals surface area contributed by atoms with Gasteiger partial charge in [-0.25, -0.2) is 4.79 Å². The Hall–Kier alpha value is -4.77. The van der Waals surface area contributed by atoms with Crippen LogP contribution in [0.5, 0.6) is 5.75 Å². The molecule has 2 heterocycles. The quantitative estimate of drug-likeness (QED) is 0.0930. The minimum Gasteiger partial charge on any atom is -0.508 e. The number of rotatable bonds is 16. The first-order valence-corrected chi connectivity index (χ1v) is 16.8. The molecule has 50 heavy (non-hydrogen) atoms. The molecular formula is C33H49N7O10. The van der Waals surface area contributed by atoms with Crippen LogP contribution >= 0.6 is 0 Å². The van der Waals surface area contributed by atoms with Gasteiger partial charge in [-0.3, -0.25) is 28.8 Å². The molecule has 0 aromatic heterocycles. The van der Waals surface area contributed by atoms with Crippen LogP contribution in [0.25, 0.3) is 0 Å². The molecule has 2 fully saturated rings. The van der Waals surface area contributed by atoms with Gasteiger partial charge in [0.25, 0.3) is 0 Å². The van der Waals surface area contributed by atoms with Crippen LogP contribution in [-0.2, 0) is 40.0 Å². The summed E-state index contributed by atoms with van der Waals surface area (Å²) in [4.78, 5) is 92.9. The topological polar surface area (TPSA) is 261 Å². The van der Waals surface area contributed by atoms with E-state index in [0.717, 1.165) is 0 Å². The molecule has 0 saturated carbocycles. The first-order valence-electron chi connectivity index (χ1n) is 16.8. The Morgan fingerprint density at radius 2 is 1.42 bits per heavy atom. The Bertz CT molecular complexity index is 1410. The number of likely N-dealkylation sites (tertiary alicyclic amines) is 2. The second-order valence-corrected chi connectivity index (χ2v) is 13.1. The van der Waals surface area contributed by atoms with E-state index in [-0.39, 0.29) is 44.0 Å². The van der Waals surface area contributed by atoms with Gasteiger partial charge in [-0.15, -0.1) is 0 Å². The number of carboxylic acids is 1. The monoisotopic (exact) mass is 703 g/mol. The molecule has 0 aliphatic carbocycles. The minimum atomic E-state index is -1.20. The Morgan fingerprint density at radius 3 is 2.00 bits per heavy atom. The number of nitrogens with zero attached hydrogens (tertiary/aromatic N) is 2. The molecule has 2 aliphatic heterocycles. The van der Waals surface area contributed by atoms with Crippen LogP contribution in [0, 0.1) is 5.92 Å². The van der Waals surface area contributed by atoms with Gasteiger partial charge in [-0.05, 0) is 62.6 Å². The van der Waals surface area contributed by atoms with Gasteiger partial charge >= 0.3 is 5.97 Å². The predicted octanol–water partition coefficient (Wildman–Crippen LogP) is -2.04. The van der Waals surface area contributed by atoms with E-state index in [9.17, 15) is 43.8 Å². The highest BCUT2D eigenvalue weighted by molar-refractivity contribution is 5.96. The number of aliphatic carboxylic acids is 1. The van der Waals surface area contributed by atoms with E-state index in [4.69, 9.17) is 10.8 Å². The van der Waals surface area contributed by atoms with E-state index in [0.29, 0.717) is 24.8 Å². The predicted molar refractivity (Wildman–Crippen MR) is 178 cm³/mol. The largest absolute Gasteiger partial charge is 0.508 e. The van der Waals surface area contributed by atoms with Crippen LogP contribution in [0.4, 0.5) is 0 Å². The summed E-state index contributed by atoms with van der Waals surface area (Å²) in [6.45, 7) is 4.49. The molecule has 17 heteroatoms. The number of aromatic hydroxyl groups is 1. The number of hydrogen-bond acceptors (Lipinski definition) is 10. The van der Waals surface area contributed by atoms with Crippen LogP contribution in [-0.4, -0.2) is 129 Å². The van der Waals surface area contributed by atoms with Gasteiger partial charge in [0.05, 0.1) is 13.2 Å². The summed E-state index contributed by atoms with van der Waals surface area (Å²) in [7, 11) is 0. The van der Waals surface area contributed by atoms with Crippen LogP contribution < -0.4 is 27.0 Å². The SMILES string of the molecule is CC(C)CC(NC(=O)CNC(=O)C(N)CO)C(=O)N1CCCC1C(=O)NC(C)C(=O)NC(Cc1ccc(O)cc1)C(=O)N1CCCC1C(=O)O. The number of carbonyl (C=O) groups excluding carboxylic acids is 6. The van der Waals surface area contributed by atoms with Gasteiger partial charge < -0.3 is 52.1 Å². The van der Waals surface area contributed by atoms with Gasteiger partial charge in [0.2, 0.25) is 35.4 Å². The lowest BCUT2D eigenvalue weighted by Gasteiger charge is -2.31. The molecule has 276 valence electrons. The fraction of sp³-hybridized carbons (Fsp3) is 0.606.